The number of benzene rings is 5. The molecule has 6 nitrogen and oxygen atoms in total. The molecule has 1 aromatic heterocycles. The number of nitrogens with zero attached hydrogens (tertiary/aromatic N) is 1. The van der Waals surface area contributed by atoms with Crippen LogP contribution in [0.15, 0.2) is 114 Å². The highest BCUT2D eigenvalue weighted by Gasteiger charge is 2.16. The first-order chi connectivity index (χ1) is 21.4. The van der Waals surface area contributed by atoms with Crippen molar-refractivity contribution in [2.24, 2.45) is 0 Å². The standard InChI is InChI=1S/C35H25F3N2O4/c36-24-11-15-33(29(38)17-24)44-21-23-10-14-32-27(16-23)35(42)26-8-4-5-9-31(26)40(32)19-34(41)39-30-18-25(12-13-28(30)37)43-20-22-6-2-1-3-7-22/h1-18H,19-21H2,(H,39,41). The van der Waals surface area contributed by atoms with Crippen LogP contribution in [0.1, 0.15) is 11.1 Å². The van der Waals surface area contributed by atoms with Gasteiger partial charge < -0.3 is 19.4 Å². The molecule has 1 amide bonds. The summed E-state index contributed by atoms with van der Waals surface area (Å²) < 4.78 is 55.0. The van der Waals surface area contributed by atoms with Gasteiger partial charge in [0.1, 0.15) is 37.1 Å². The summed E-state index contributed by atoms with van der Waals surface area (Å²) in [4.78, 5) is 26.7. The third kappa shape index (κ3) is 6.12. The number of aromatic nitrogens is 1. The van der Waals surface area contributed by atoms with Gasteiger partial charge in [0.25, 0.3) is 0 Å². The summed E-state index contributed by atoms with van der Waals surface area (Å²) in [5.74, 6) is -2.43. The SMILES string of the molecule is O=C(Cn1c2ccccc2c(=O)c2cc(COc3ccc(F)cc3F)ccc21)Nc1cc(OCc2ccccc2)ccc1F. The molecule has 6 rings (SSSR count). The fourth-order valence-corrected chi connectivity index (χ4v) is 4.95. The second-order valence-electron chi connectivity index (χ2n) is 10.1. The molecule has 6 aromatic rings. The first-order valence-corrected chi connectivity index (χ1v) is 13.7. The molecule has 220 valence electrons. The van der Waals surface area contributed by atoms with Crippen molar-refractivity contribution < 1.29 is 27.4 Å². The number of ether oxygens (including phenoxy) is 2. The van der Waals surface area contributed by atoms with Crippen molar-refractivity contribution in [3.05, 3.63) is 148 Å². The molecule has 0 bridgehead atoms. The van der Waals surface area contributed by atoms with Crippen molar-refractivity contribution in [2.45, 2.75) is 19.8 Å². The number of amides is 1. The van der Waals surface area contributed by atoms with Crippen LogP contribution in [0, 0.1) is 17.5 Å². The number of nitrogens with one attached hydrogen (secondary N) is 1. The number of rotatable bonds is 9. The fourth-order valence-electron chi connectivity index (χ4n) is 4.95. The van der Waals surface area contributed by atoms with Crippen LogP contribution in [-0.2, 0) is 24.6 Å². The van der Waals surface area contributed by atoms with Gasteiger partial charge in [-0.2, -0.15) is 0 Å². The van der Waals surface area contributed by atoms with E-state index in [1.807, 2.05) is 30.3 Å². The molecule has 0 aliphatic rings. The van der Waals surface area contributed by atoms with Crippen molar-refractivity contribution in [2.75, 3.05) is 5.32 Å². The second kappa shape index (κ2) is 12.3. The minimum Gasteiger partial charge on any atom is -0.489 e. The highest BCUT2D eigenvalue weighted by Crippen LogP contribution is 2.25. The largest absolute Gasteiger partial charge is 0.489 e. The lowest BCUT2D eigenvalue weighted by Crippen LogP contribution is -2.22. The Morgan fingerprint density at radius 1 is 0.682 bits per heavy atom. The van der Waals surface area contributed by atoms with E-state index < -0.39 is 23.4 Å². The Hall–Kier alpha value is -5.57. The summed E-state index contributed by atoms with van der Waals surface area (Å²) in [5, 5.41) is 3.33. The van der Waals surface area contributed by atoms with Gasteiger partial charge in [0.15, 0.2) is 17.0 Å². The minimum absolute atomic E-state index is 0.0392. The van der Waals surface area contributed by atoms with E-state index in [9.17, 15) is 22.8 Å². The van der Waals surface area contributed by atoms with E-state index in [1.165, 1.54) is 24.3 Å². The number of halogens is 3. The number of anilines is 1. The molecule has 0 aliphatic carbocycles. The monoisotopic (exact) mass is 594 g/mol. The van der Waals surface area contributed by atoms with E-state index in [0.29, 0.717) is 33.1 Å². The van der Waals surface area contributed by atoms with Gasteiger partial charge in [-0.15, -0.1) is 0 Å². The molecule has 0 radical (unpaired) electrons. The number of para-hydroxylation sites is 1. The topological polar surface area (TPSA) is 69.6 Å². The Labute approximate surface area is 249 Å². The summed E-state index contributed by atoms with van der Waals surface area (Å²) in [7, 11) is 0. The quantitative estimate of drug-likeness (QED) is 0.178. The van der Waals surface area contributed by atoms with Crippen LogP contribution in [0.2, 0.25) is 0 Å². The summed E-state index contributed by atoms with van der Waals surface area (Å²) in [6.07, 6.45) is 0. The van der Waals surface area contributed by atoms with Crippen LogP contribution in [0.25, 0.3) is 21.8 Å². The zero-order valence-corrected chi connectivity index (χ0v) is 23.2. The van der Waals surface area contributed by atoms with E-state index in [-0.39, 0.29) is 36.6 Å². The van der Waals surface area contributed by atoms with Gasteiger partial charge in [0.05, 0.1) is 16.7 Å². The molecule has 1 heterocycles. The number of hydrogen-bond donors (Lipinski definition) is 1. The number of hydrogen-bond acceptors (Lipinski definition) is 4. The summed E-state index contributed by atoms with van der Waals surface area (Å²) in [6.45, 7) is -0.0171. The Morgan fingerprint density at radius 3 is 2.25 bits per heavy atom. The van der Waals surface area contributed by atoms with Gasteiger partial charge in [-0.05, 0) is 59.7 Å². The fraction of sp³-hybridized carbons (Fsp3) is 0.0857. The molecule has 5 aromatic carbocycles. The van der Waals surface area contributed by atoms with Crippen LogP contribution in [0.3, 0.4) is 0 Å². The van der Waals surface area contributed by atoms with Gasteiger partial charge in [-0.25, -0.2) is 13.2 Å². The minimum atomic E-state index is -0.838. The summed E-state index contributed by atoms with van der Waals surface area (Å²) >= 11 is 0. The third-order valence-corrected chi connectivity index (χ3v) is 7.09. The van der Waals surface area contributed by atoms with Crippen molar-refractivity contribution in [1.29, 1.82) is 0 Å². The first-order valence-electron chi connectivity index (χ1n) is 13.7. The molecule has 0 atom stereocenters. The lowest BCUT2D eigenvalue weighted by Gasteiger charge is -2.16. The van der Waals surface area contributed by atoms with E-state index >= 15 is 0 Å². The summed E-state index contributed by atoms with van der Waals surface area (Å²) in [6, 6.07) is 28.5. The molecular weight excluding hydrogens is 569 g/mol. The van der Waals surface area contributed by atoms with Gasteiger partial charge in [0.2, 0.25) is 5.91 Å². The maximum atomic E-state index is 14.7. The van der Waals surface area contributed by atoms with Crippen molar-refractivity contribution in [1.82, 2.24) is 4.57 Å². The summed E-state index contributed by atoms with van der Waals surface area (Å²) in [5.41, 5.74) is 2.22. The van der Waals surface area contributed by atoms with Crippen LogP contribution in [0.5, 0.6) is 11.5 Å². The number of carbonyl (C=O) groups is 1. The molecule has 0 saturated heterocycles. The average molecular weight is 595 g/mol. The maximum Gasteiger partial charge on any atom is 0.244 e. The van der Waals surface area contributed by atoms with E-state index in [4.69, 9.17) is 9.47 Å². The van der Waals surface area contributed by atoms with Crippen molar-refractivity contribution >= 4 is 33.4 Å². The van der Waals surface area contributed by atoms with Crippen molar-refractivity contribution in [3.8, 4) is 11.5 Å². The molecular formula is C35H25F3N2O4. The highest BCUT2D eigenvalue weighted by molar-refractivity contribution is 5.97. The molecule has 1 N–H and O–H groups in total. The predicted octanol–water partition coefficient (Wildman–Crippen LogP) is 7.37. The highest BCUT2D eigenvalue weighted by atomic mass is 19.1. The van der Waals surface area contributed by atoms with E-state index in [1.54, 1.807) is 47.0 Å². The third-order valence-electron chi connectivity index (χ3n) is 7.09. The molecule has 0 fully saturated rings. The predicted molar refractivity (Wildman–Crippen MR) is 162 cm³/mol. The Morgan fingerprint density at radius 2 is 1.43 bits per heavy atom. The first kappa shape index (κ1) is 28.5. The molecule has 44 heavy (non-hydrogen) atoms. The van der Waals surface area contributed by atoms with Gasteiger partial charge in [0, 0.05) is 22.9 Å². The zero-order valence-electron chi connectivity index (χ0n) is 23.2. The number of fused-ring (bicyclic) bond motifs is 2. The average Bonchev–Trinajstić information content (AvgIpc) is 3.03. The molecule has 9 heteroatoms. The zero-order chi connectivity index (χ0) is 30.6. The lowest BCUT2D eigenvalue weighted by atomic mass is 10.1. The Bertz CT molecular complexity index is 2060. The number of pyridine rings is 1. The molecule has 0 spiro atoms. The van der Waals surface area contributed by atoms with Gasteiger partial charge in [-0.3, -0.25) is 9.59 Å². The smallest absolute Gasteiger partial charge is 0.244 e. The number of carbonyl (C=O) groups excluding carboxylic acids is 1. The van der Waals surface area contributed by atoms with Gasteiger partial charge >= 0.3 is 0 Å². The Kier molecular flexibility index (Phi) is 8.01. The maximum absolute atomic E-state index is 14.7. The van der Waals surface area contributed by atoms with Crippen LogP contribution >= 0.6 is 0 Å². The van der Waals surface area contributed by atoms with Gasteiger partial charge in [-0.1, -0.05) is 48.5 Å². The molecule has 0 saturated carbocycles. The van der Waals surface area contributed by atoms with Crippen LogP contribution < -0.4 is 20.2 Å². The Balaban J connectivity index is 1.26. The van der Waals surface area contributed by atoms with Crippen molar-refractivity contribution in [3.63, 3.8) is 0 Å². The van der Waals surface area contributed by atoms with Crippen LogP contribution in [-0.4, -0.2) is 10.5 Å². The normalized spacial score (nSPS) is 11.1. The van der Waals surface area contributed by atoms with E-state index in [0.717, 1.165) is 17.7 Å². The molecule has 0 unspecified atom stereocenters. The lowest BCUT2D eigenvalue weighted by molar-refractivity contribution is -0.116. The van der Waals surface area contributed by atoms with Crippen LogP contribution in [0.4, 0.5) is 18.9 Å². The second-order valence-corrected chi connectivity index (χ2v) is 10.1. The van der Waals surface area contributed by atoms with E-state index in [2.05, 4.69) is 5.32 Å². The molecule has 0 aliphatic heterocycles.